The van der Waals surface area contributed by atoms with Crippen LogP contribution in [0.25, 0.3) is 0 Å². The Bertz CT molecular complexity index is 432. The summed E-state index contributed by atoms with van der Waals surface area (Å²) < 4.78 is 52.6. The zero-order valence-electron chi connectivity index (χ0n) is 9.06. The van der Waals surface area contributed by atoms with Gasteiger partial charge in [-0.05, 0) is 34.1 Å². The number of ketones is 1. The summed E-state index contributed by atoms with van der Waals surface area (Å²) in [4.78, 5) is 11.5. The van der Waals surface area contributed by atoms with E-state index in [2.05, 4.69) is 20.7 Å². The van der Waals surface area contributed by atoms with Crippen LogP contribution in [0, 0.1) is 5.82 Å². The molecular weight excluding hydrogens is 320 g/mol. The Kier molecular flexibility index (Phi) is 5.28. The molecule has 0 N–H and O–H groups in total. The number of benzene rings is 1. The SMILES string of the molecule is O=C(CCOCC(F)(F)F)c1ccc(F)c(Br)c1. The maximum Gasteiger partial charge on any atom is 0.411 e. The third-order valence-corrected chi connectivity index (χ3v) is 2.59. The predicted molar refractivity (Wildman–Crippen MR) is 59.9 cm³/mol. The normalized spacial score (nSPS) is 11.6. The first kappa shape index (κ1) is 15.1. The third kappa shape index (κ3) is 5.14. The Balaban J connectivity index is 2.43. The summed E-state index contributed by atoms with van der Waals surface area (Å²) in [5.74, 6) is -0.919. The number of alkyl halides is 3. The molecule has 0 aliphatic carbocycles. The summed E-state index contributed by atoms with van der Waals surface area (Å²) in [6.45, 7) is -1.71. The summed E-state index contributed by atoms with van der Waals surface area (Å²) in [6, 6.07) is 3.65. The molecular formula is C11H9BrF4O2. The molecule has 0 saturated carbocycles. The molecule has 0 fully saturated rings. The van der Waals surface area contributed by atoms with E-state index in [9.17, 15) is 22.4 Å². The number of Topliss-reactive ketones (excluding diaryl/α,β-unsaturated/α-hetero) is 1. The highest BCUT2D eigenvalue weighted by molar-refractivity contribution is 9.10. The summed E-state index contributed by atoms with van der Waals surface area (Å²) in [5, 5.41) is 0. The molecule has 0 heterocycles. The first-order chi connectivity index (χ1) is 8.29. The van der Waals surface area contributed by atoms with Crippen molar-refractivity contribution >= 4 is 21.7 Å². The van der Waals surface area contributed by atoms with Gasteiger partial charge in [0.1, 0.15) is 12.4 Å². The van der Waals surface area contributed by atoms with Crippen molar-refractivity contribution in [2.75, 3.05) is 13.2 Å². The Hall–Kier alpha value is -0.950. The molecule has 0 spiro atoms. The lowest BCUT2D eigenvalue weighted by Gasteiger charge is -2.07. The molecule has 100 valence electrons. The van der Waals surface area contributed by atoms with Gasteiger partial charge in [-0.1, -0.05) is 0 Å². The minimum atomic E-state index is -4.40. The zero-order chi connectivity index (χ0) is 13.8. The van der Waals surface area contributed by atoms with Gasteiger partial charge in [0.15, 0.2) is 5.78 Å². The van der Waals surface area contributed by atoms with Crippen LogP contribution in [-0.2, 0) is 4.74 Å². The van der Waals surface area contributed by atoms with Crippen LogP contribution in [0.1, 0.15) is 16.8 Å². The molecule has 1 aromatic carbocycles. The molecule has 2 nitrogen and oxygen atoms in total. The van der Waals surface area contributed by atoms with E-state index < -0.39 is 24.4 Å². The molecule has 0 amide bonds. The second-order valence-electron chi connectivity index (χ2n) is 3.47. The monoisotopic (exact) mass is 328 g/mol. The second kappa shape index (κ2) is 6.29. The molecule has 7 heteroatoms. The molecule has 1 aromatic rings. The van der Waals surface area contributed by atoms with Gasteiger partial charge in [0, 0.05) is 12.0 Å². The standard InChI is InChI=1S/C11H9BrF4O2/c12-8-5-7(1-2-9(8)13)10(17)3-4-18-6-11(14,15)16/h1-2,5H,3-4,6H2. The molecule has 0 unspecified atom stereocenters. The van der Waals surface area contributed by atoms with Crippen LogP contribution in [-0.4, -0.2) is 25.2 Å². The van der Waals surface area contributed by atoms with Crippen LogP contribution in [0.3, 0.4) is 0 Å². The average Bonchev–Trinajstić information content (AvgIpc) is 2.26. The molecule has 18 heavy (non-hydrogen) atoms. The molecule has 0 atom stereocenters. The van der Waals surface area contributed by atoms with Crippen molar-refractivity contribution in [3.05, 3.63) is 34.1 Å². The van der Waals surface area contributed by atoms with Crippen LogP contribution in [0.2, 0.25) is 0 Å². The van der Waals surface area contributed by atoms with E-state index in [4.69, 9.17) is 0 Å². The van der Waals surface area contributed by atoms with Gasteiger partial charge in [-0.3, -0.25) is 4.79 Å². The maximum absolute atomic E-state index is 12.9. The second-order valence-corrected chi connectivity index (χ2v) is 4.32. The average molecular weight is 329 g/mol. The summed E-state index contributed by atoms with van der Waals surface area (Å²) >= 11 is 2.92. The van der Waals surface area contributed by atoms with Crippen LogP contribution >= 0.6 is 15.9 Å². The van der Waals surface area contributed by atoms with E-state index in [0.29, 0.717) is 0 Å². The minimum Gasteiger partial charge on any atom is -0.372 e. The molecule has 0 aliphatic rings. The van der Waals surface area contributed by atoms with Gasteiger partial charge in [-0.2, -0.15) is 13.2 Å². The van der Waals surface area contributed by atoms with Crippen molar-refractivity contribution < 1.29 is 27.1 Å². The van der Waals surface area contributed by atoms with Gasteiger partial charge in [0.25, 0.3) is 0 Å². The molecule has 0 radical (unpaired) electrons. The van der Waals surface area contributed by atoms with Gasteiger partial charge < -0.3 is 4.74 Å². The lowest BCUT2D eigenvalue weighted by atomic mass is 10.1. The Labute approximate surface area is 109 Å². The van der Waals surface area contributed by atoms with E-state index >= 15 is 0 Å². The van der Waals surface area contributed by atoms with Crippen molar-refractivity contribution in [3.8, 4) is 0 Å². The smallest absolute Gasteiger partial charge is 0.372 e. The van der Waals surface area contributed by atoms with E-state index in [0.717, 1.165) is 6.07 Å². The van der Waals surface area contributed by atoms with Crippen LogP contribution in [0.5, 0.6) is 0 Å². The Morgan fingerprint density at radius 2 is 2.00 bits per heavy atom. The number of carbonyl (C=O) groups excluding carboxylic acids is 1. The van der Waals surface area contributed by atoms with E-state index in [-0.39, 0.29) is 23.1 Å². The Morgan fingerprint density at radius 3 is 2.56 bits per heavy atom. The van der Waals surface area contributed by atoms with Crippen molar-refractivity contribution in [2.45, 2.75) is 12.6 Å². The van der Waals surface area contributed by atoms with Crippen molar-refractivity contribution in [1.29, 1.82) is 0 Å². The zero-order valence-corrected chi connectivity index (χ0v) is 10.6. The van der Waals surface area contributed by atoms with Gasteiger partial charge in [-0.15, -0.1) is 0 Å². The summed E-state index contributed by atoms with van der Waals surface area (Å²) in [6.07, 6.45) is -4.59. The van der Waals surface area contributed by atoms with Crippen LogP contribution in [0.4, 0.5) is 17.6 Å². The first-order valence-corrected chi connectivity index (χ1v) is 5.71. The molecule has 0 saturated heterocycles. The van der Waals surface area contributed by atoms with E-state index in [1.54, 1.807) is 0 Å². The highest BCUT2D eigenvalue weighted by atomic mass is 79.9. The van der Waals surface area contributed by atoms with E-state index in [1.165, 1.54) is 12.1 Å². The number of halogens is 5. The fourth-order valence-corrected chi connectivity index (χ4v) is 1.55. The van der Waals surface area contributed by atoms with Gasteiger partial charge in [-0.25, -0.2) is 4.39 Å². The van der Waals surface area contributed by atoms with Gasteiger partial charge in [0.05, 0.1) is 11.1 Å². The van der Waals surface area contributed by atoms with Crippen molar-refractivity contribution in [3.63, 3.8) is 0 Å². The van der Waals surface area contributed by atoms with Crippen molar-refractivity contribution in [1.82, 2.24) is 0 Å². The predicted octanol–water partition coefficient (Wildman–Crippen LogP) is 3.74. The molecule has 0 aromatic heterocycles. The minimum absolute atomic E-state index is 0.129. The highest BCUT2D eigenvalue weighted by Gasteiger charge is 2.27. The largest absolute Gasteiger partial charge is 0.411 e. The Morgan fingerprint density at radius 1 is 1.33 bits per heavy atom. The number of ether oxygens (including phenoxy) is 1. The van der Waals surface area contributed by atoms with Crippen LogP contribution in [0.15, 0.2) is 22.7 Å². The van der Waals surface area contributed by atoms with Crippen molar-refractivity contribution in [2.24, 2.45) is 0 Å². The lowest BCUT2D eigenvalue weighted by molar-refractivity contribution is -0.173. The number of carbonyl (C=O) groups is 1. The molecule has 1 rings (SSSR count). The summed E-state index contributed by atoms with van der Waals surface area (Å²) in [5.41, 5.74) is 0.221. The summed E-state index contributed by atoms with van der Waals surface area (Å²) in [7, 11) is 0. The molecule has 0 bridgehead atoms. The van der Waals surface area contributed by atoms with Crippen LogP contribution < -0.4 is 0 Å². The van der Waals surface area contributed by atoms with E-state index in [1.807, 2.05) is 0 Å². The van der Waals surface area contributed by atoms with Gasteiger partial charge >= 0.3 is 6.18 Å². The number of hydrogen-bond donors (Lipinski definition) is 0. The first-order valence-electron chi connectivity index (χ1n) is 4.92. The number of hydrogen-bond acceptors (Lipinski definition) is 2. The van der Waals surface area contributed by atoms with Gasteiger partial charge in [0.2, 0.25) is 0 Å². The maximum atomic E-state index is 12.9. The fourth-order valence-electron chi connectivity index (χ4n) is 1.17. The third-order valence-electron chi connectivity index (χ3n) is 1.98. The highest BCUT2D eigenvalue weighted by Crippen LogP contribution is 2.18. The topological polar surface area (TPSA) is 26.3 Å². The fraction of sp³-hybridized carbons (Fsp3) is 0.364. The quantitative estimate of drug-likeness (QED) is 0.467. The lowest BCUT2D eigenvalue weighted by Crippen LogP contribution is -2.18. The number of rotatable bonds is 5. The molecule has 0 aliphatic heterocycles.